The third-order valence-corrected chi connectivity index (χ3v) is 6.14. The van der Waals surface area contributed by atoms with Gasteiger partial charge in [-0.25, -0.2) is 0 Å². The highest BCUT2D eigenvalue weighted by atomic mass is 31.2. The summed E-state index contributed by atoms with van der Waals surface area (Å²) in [5.74, 6) is -1.34. The Balaban J connectivity index is 2.64. The van der Waals surface area contributed by atoms with E-state index in [1.54, 1.807) is 58.0 Å². The molecule has 0 aliphatic heterocycles. The molecule has 2 aromatic rings. The number of alkyl halides is 3. The highest BCUT2D eigenvalue weighted by molar-refractivity contribution is 7.54. The summed E-state index contributed by atoms with van der Waals surface area (Å²) in [5, 5.41) is 2.95. The molecule has 1 N–H and O–H groups in total. The fourth-order valence-corrected chi connectivity index (χ4v) is 5.09. The average molecular weight is 415 g/mol. The van der Waals surface area contributed by atoms with Crippen LogP contribution in [0.1, 0.15) is 44.6 Å². The predicted octanol–water partition coefficient (Wildman–Crippen LogP) is 6.86. The quantitative estimate of drug-likeness (QED) is 0.479. The zero-order valence-corrected chi connectivity index (χ0v) is 17.1. The van der Waals surface area contributed by atoms with Crippen LogP contribution in [0.3, 0.4) is 0 Å². The number of anilines is 1. The molecule has 0 bridgehead atoms. The number of hydrogen-bond acceptors (Lipinski definition) is 4. The maximum atomic E-state index is 13.7. The first-order valence-electron chi connectivity index (χ1n) is 8.97. The van der Waals surface area contributed by atoms with Crippen molar-refractivity contribution in [2.45, 2.75) is 51.9 Å². The summed E-state index contributed by atoms with van der Waals surface area (Å²) in [4.78, 5) is 0. The molecule has 2 aromatic carbocycles. The minimum Gasteiger partial charge on any atom is -0.368 e. The maximum Gasteiger partial charge on any atom is 0.416 e. The molecule has 0 aliphatic rings. The van der Waals surface area contributed by atoms with Crippen LogP contribution in [0.2, 0.25) is 0 Å². The Morgan fingerprint density at radius 3 is 1.86 bits per heavy atom. The Labute approximate surface area is 163 Å². The van der Waals surface area contributed by atoms with Gasteiger partial charge in [0.1, 0.15) is 0 Å². The van der Waals surface area contributed by atoms with Crippen molar-refractivity contribution in [1.82, 2.24) is 0 Å². The van der Waals surface area contributed by atoms with Gasteiger partial charge in [0.05, 0.1) is 17.8 Å². The second-order valence-corrected chi connectivity index (χ2v) is 8.86. The Morgan fingerprint density at radius 1 is 0.857 bits per heavy atom. The maximum absolute atomic E-state index is 13.7. The van der Waals surface area contributed by atoms with E-state index in [9.17, 15) is 17.7 Å². The highest BCUT2D eigenvalue weighted by Crippen LogP contribution is 2.63. The molecule has 0 unspecified atom stereocenters. The number of rotatable bonds is 8. The molecule has 0 saturated heterocycles. The number of benzene rings is 2. The van der Waals surface area contributed by atoms with E-state index in [1.165, 1.54) is 18.2 Å². The lowest BCUT2D eigenvalue weighted by atomic mass is 10.1. The van der Waals surface area contributed by atoms with Gasteiger partial charge in [-0.2, -0.15) is 13.2 Å². The van der Waals surface area contributed by atoms with E-state index < -0.39 is 37.3 Å². The third kappa shape index (κ3) is 5.84. The Hall–Kier alpha value is -1.82. The lowest BCUT2D eigenvalue weighted by Gasteiger charge is -2.32. The topological polar surface area (TPSA) is 47.6 Å². The van der Waals surface area contributed by atoms with Crippen LogP contribution in [-0.2, 0) is 19.8 Å². The van der Waals surface area contributed by atoms with Crippen molar-refractivity contribution in [1.29, 1.82) is 0 Å². The molecule has 0 aliphatic carbocycles. The van der Waals surface area contributed by atoms with Crippen LogP contribution in [0, 0.1) is 0 Å². The van der Waals surface area contributed by atoms with Gasteiger partial charge in [0.25, 0.3) is 0 Å². The van der Waals surface area contributed by atoms with Crippen molar-refractivity contribution in [3.05, 3.63) is 65.7 Å². The van der Waals surface area contributed by atoms with Crippen LogP contribution in [-0.4, -0.2) is 12.2 Å². The van der Waals surface area contributed by atoms with Gasteiger partial charge in [-0.3, -0.25) is 4.57 Å². The van der Waals surface area contributed by atoms with Crippen molar-refractivity contribution in [2.24, 2.45) is 0 Å². The number of para-hydroxylation sites is 1. The van der Waals surface area contributed by atoms with Gasteiger partial charge in [0.2, 0.25) is 0 Å². The molecule has 0 amide bonds. The fourth-order valence-electron chi connectivity index (χ4n) is 2.75. The summed E-state index contributed by atoms with van der Waals surface area (Å²) in [6.07, 6.45) is -5.64. The summed E-state index contributed by atoms with van der Waals surface area (Å²) >= 11 is 0. The van der Waals surface area contributed by atoms with E-state index in [0.717, 1.165) is 6.07 Å². The van der Waals surface area contributed by atoms with Gasteiger partial charge in [-0.1, -0.05) is 36.4 Å². The zero-order valence-electron chi connectivity index (χ0n) is 16.2. The van der Waals surface area contributed by atoms with Crippen molar-refractivity contribution < 1.29 is 26.8 Å². The van der Waals surface area contributed by atoms with Crippen LogP contribution in [0.25, 0.3) is 0 Å². The Kier molecular flexibility index (Phi) is 7.32. The van der Waals surface area contributed by atoms with Crippen LogP contribution >= 0.6 is 7.60 Å². The van der Waals surface area contributed by atoms with Gasteiger partial charge in [0, 0.05) is 5.69 Å². The van der Waals surface area contributed by atoms with Gasteiger partial charge >= 0.3 is 13.8 Å². The zero-order chi connectivity index (χ0) is 20.9. The van der Waals surface area contributed by atoms with E-state index in [4.69, 9.17) is 9.05 Å². The van der Waals surface area contributed by atoms with Gasteiger partial charge in [-0.15, -0.1) is 0 Å². The molecule has 28 heavy (non-hydrogen) atoms. The second kappa shape index (κ2) is 9.12. The lowest BCUT2D eigenvalue weighted by Crippen LogP contribution is -2.22. The first kappa shape index (κ1) is 22.5. The standard InChI is InChI=1S/C20H25F3NO3P/c1-14(2)26-28(25,27-15(3)4)19(24-16-10-6-5-7-11-16)17-12-8-9-13-18(17)20(21,22)23/h5-15,19,24H,1-4H3/t19-/m0/s1. The minimum absolute atomic E-state index is 0.191. The first-order valence-corrected chi connectivity index (χ1v) is 10.6. The normalized spacial score (nSPS) is 13.8. The summed E-state index contributed by atoms with van der Waals surface area (Å²) in [6.45, 7) is 6.63. The van der Waals surface area contributed by atoms with Crippen LogP contribution in [0.4, 0.5) is 18.9 Å². The summed E-state index contributed by atoms with van der Waals surface area (Å²) in [7, 11) is -4.04. The number of hydrogen-bond donors (Lipinski definition) is 1. The van der Waals surface area contributed by atoms with Crippen LogP contribution < -0.4 is 5.32 Å². The lowest BCUT2D eigenvalue weighted by molar-refractivity contribution is -0.138. The van der Waals surface area contributed by atoms with Crippen molar-refractivity contribution in [2.75, 3.05) is 5.32 Å². The van der Waals surface area contributed by atoms with Crippen LogP contribution in [0.5, 0.6) is 0 Å². The molecule has 1 atom stereocenters. The second-order valence-electron chi connectivity index (χ2n) is 6.85. The fraction of sp³-hybridized carbons (Fsp3) is 0.400. The molecule has 8 heteroatoms. The monoisotopic (exact) mass is 415 g/mol. The van der Waals surface area contributed by atoms with E-state index in [0.29, 0.717) is 5.69 Å². The first-order chi connectivity index (χ1) is 13.0. The smallest absolute Gasteiger partial charge is 0.368 e. The SMILES string of the molecule is CC(C)OP(=O)(OC(C)C)[C@H](Nc1ccccc1)c1ccccc1C(F)(F)F. The van der Waals surface area contributed by atoms with Gasteiger partial charge in [0.15, 0.2) is 5.78 Å². The Morgan fingerprint density at radius 2 is 1.36 bits per heavy atom. The molecule has 4 nitrogen and oxygen atoms in total. The van der Waals surface area contributed by atoms with E-state index >= 15 is 0 Å². The van der Waals surface area contributed by atoms with Gasteiger partial charge < -0.3 is 14.4 Å². The Bertz CT molecular complexity index is 796. The molecule has 0 radical (unpaired) electrons. The predicted molar refractivity (Wildman–Crippen MR) is 104 cm³/mol. The molecular formula is C20H25F3NO3P. The van der Waals surface area contributed by atoms with Crippen LogP contribution in [0.15, 0.2) is 54.6 Å². The van der Waals surface area contributed by atoms with Crippen molar-refractivity contribution >= 4 is 13.3 Å². The van der Waals surface area contributed by atoms with E-state index in [2.05, 4.69) is 5.32 Å². The highest BCUT2D eigenvalue weighted by Gasteiger charge is 2.44. The molecular weight excluding hydrogens is 390 g/mol. The third-order valence-electron chi connectivity index (χ3n) is 3.67. The molecule has 0 fully saturated rings. The number of nitrogens with one attached hydrogen (secondary N) is 1. The molecule has 154 valence electrons. The van der Waals surface area contributed by atoms with Crippen molar-refractivity contribution in [3.8, 4) is 0 Å². The largest absolute Gasteiger partial charge is 0.416 e. The molecule has 0 spiro atoms. The average Bonchev–Trinajstić information content (AvgIpc) is 2.58. The van der Waals surface area contributed by atoms with E-state index in [1.807, 2.05) is 0 Å². The summed E-state index contributed by atoms with van der Waals surface area (Å²) < 4.78 is 65.9. The van der Waals surface area contributed by atoms with Gasteiger partial charge in [-0.05, 0) is 51.5 Å². The summed E-state index contributed by atoms with van der Waals surface area (Å²) in [6, 6.07) is 13.6. The molecule has 2 rings (SSSR count). The van der Waals surface area contributed by atoms with Crippen molar-refractivity contribution in [3.63, 3.8) is 0 Å². The van der Waals surface area contributed by atoms with E-state index in [-0.39, 0.29) is 5.56 Å². The molecule has 0 aromatic heterocycles. The molecule has 0 heterocycles. The number of halogens is 3. The summed E-state index contributed by atoms with van der Waals surface area (Å²) in [5.41, 5.74) is -0.573. The minimum atomic E-state index is -4.62. The molecule has 0 saturated carbocycles.